The lowest BCUT2D eigenvalue weighted by atomic mass is 9.96. The number of imidazole rings is 1. The highest BCUT2D eigenvalue weighted by molar-refractivity contribution is 5.76. The third-order valence-electron chi connectivity index (χ3n) is 6.63. The van der Waals surface area contributed by atoms with Crippen LogP contribution in [0.5, 0.6) is 5.75 Å². The second-order valence-corrected chi connectivity index (χ2v) is 9.95. The van der Waals surface area contributed by atoms with E-state index >= 15 is 0 Å². The fraction of sp³-hybridized carbons (Fsp3) is 0.387. The molecule has 0 bridgehead atoms. The molecule has 0 aliphatic rings. The zero-order chi connectivity index (χ0) is 24.1. The van der Waals surface area contributed by atoms with Gasteiger partial charge >= 0.3 is 0 Å². The molecule has 1 aromatic heterocycles. The number of fused-ring (bicyclic) bond motifs is 1. The van der Waals surface area contributed by atoms with E-state index in [4.69, 9.17) is 9.72 Å². The van der Waals surface area contributed by atoms with E-state index in [0.29, 0.717) is 5.92 Å². The first-order chi connectivity index (χ1) is 16.4. The number of aromatic nitrogens is 2. The summed E-state index contributed by atoms with van der Waals surface area (Å²) in [4.78, 5) is 5.06. The molecule has 4 aromatic rings. The summed E-state index contributed by atoms with van der Waals surface area (Å²) < 4.78 is 8.55. The minimum absolute atomic E-state index is 0.242. The Morgan fingerprint density at radius 3 is 2.24 bits per heavy atom. The monoisotopic (exact) mass is 454 g/mol. The Hall–Kier alpha value is -3.07. The van der Waals surface area contributed by atoms with E-state index in [1.807, 2.05) is 0 Å². The smallest absolute Gasteiger partial charge is 0.125 e. The summed E-state index contributed by atoms with van der Waals surface area (Å²) in [5.41, 5.74) is 7.43. The quantitative estimate of drug-likeness (QED) is 0.228. The van der Waals surface area contributed by atoms with E-state index in [2.05, 4.69) is 106 Å². The van der Waals surface area contributed by atoms with Gasteiger partial charge in [0, 0.05) is 12.5 Å². The molecule has 34 heavy (non-hydrogen) atoms. The van der Waals surface area contributed by atoms with E-state index in [-0.39, 0.29) is 5.92 Å². The Balaban J connectivity index is 1.47. The van der Waals surface area contributed by atoms with Gasteiger partial charge in [0.05, 0.1) is 17.6 Å². The largest absolute Gasteiger partial charge is 0.493 e. The normalized spacial score (nSPS) is 12.4. The highest BCUT2D eigenvalue weighted by Gasteiger charge is 2.18. The number of ether oxygens (including phenoxy) is 1. The summed E-state index contributed by atoms with van der Waals surface area (Å²) in [7, 11) is 0. The lowest BCUT2D eigenvalue weighted by molar-refractivity contribution is 0.299. The molecule has 1 atom stereocenters. The average Bonchev–Trinajstić information content (AvgIpc) is 3.19. The van der Waals surface area contributed by atoms with Crippen molar-refractivity contribution >= 4 is 11.0 Å². The molecule has 0 saturated heterocycles. The van der Waals surface area contributed by atoms with E-state index in [9.17, 15) is 0 Å². The van der Waals surface area contributed by atoms with E-state index < -0.39 is 0 Å². The van der Waals surface area contributed by atoms with E-state index in [1.165, 1.54) is 27.8 Å². The first-order valence-corrected chi connectivity index (χ1v) is 12.7. The number of aryl methyl sites for hydroxylation is 3. The zero-order valence-electron chi connectivity index (χ0n) is 21.3. The molecule has 0 spiro atoms. The highest BCUT2D eigenvalue weighted by Crippen LogP contribution is 2.28. The highest BCUT2D eigenvalue weighted by atomic mass is 16.5. The molecule has 1 heterocycles. The molecule has 0 aliphatic carbocycles. The Morgan fingerprint density at radius 2 is 1.53 bits per heavy atom. The Labute approximate surface area is 204 Å². The van der Waals surface area contributed by atoms with Crippen molar-refractivity contribution in [3.63, 3.8) is 0 Å². The van der Waals surface area contributed by atoms with Crippen LogP contribution in [0, 0.1) is 19.8 Å². The fourth-order valence-electron chi connectivity index (χ4n) is 4.80. The number of rotatable bonds is 10. The van der Waals surface area contributed by atoms with Gasteiger partial charge in [-0.2, -0.15) is 0 Å². The van der Waals surface area contributed by atoms with Gasteiger partial charge in [-0.3, -0.25) is 0 Å². The van der Waals surface area contributed by atoms with Crippen LogP contribution in [0.2, 0.25) is 0 Å². The molecule has 3 heteroatoms. The van der Waals surface area contributed by atoms with Crippen LogP contribution in [0.25, 0.3) is 11.0 Å². The second kappa shape index (κ2) is 10.9. The van der Waals surface area contributed by atoms with Crippen molar-refractivity contribution < 1.29 is 4.74 Å². The zero-order valence-corrected chi connectivity index (χ0v) is 21.3. The van der Waals surface area contributed by atoms with Crippen molar-refractivity contribution in [3.8, 4) is 5.75 Å². The van der Waals surface area contributed by atoms with Crippen LogP contribution in [-0.4, -0.2) is 16.2 Å². The Bertz CT molecular complexity index is 1200. The third kappa shape index (κ3) is 5.52. The van der Waals surface area contributed by atoms with Gasteiger partial charge in [-0.05, 0) is 73.4 Å². The Morgan fingerprint density at radius 1 is 0.824 bits per heavy atom. The number of unbranched alkanes of at least 4 members (excludes halogenated alkanes) is 1. The number of hydrogen-bond donors (Lipinski definition) is 0. The fourth-order valence-corrected chi connectivity index (χ4v) is 4.80. The summed E-state index contributed by atoms with van der Waals surface area (Å²) in [6.07, 6.45) is 3.19. The van der Waals surface area contributed by atoms with Crippen LogP contribution >= 0.6 is 0 Å². The van der Waals surface area contributed by atoms with Crippen molar-refractivity contribution in [3.05, 3.63) is 94.8 Å². The molecule has 4 rings (SSSR count). The van der Waals surface area contributed by atoms with Crippen LogP contribution in [0.15, 0.2) is 66.7 Å². The van der Waals surface area contributed by atoms with Gasteiger partial charge in [-0.15, -0.1) is 0 Å². The van der Waals surface area contributed by atoms with Crippen molar-refractivity contribution in [2.75, 3.05) is 6.61 Å². The molecule has 0 N–H and O–H groups in total. The molecular formula is C31H38N2O. The maximum absolute atomic E-state index is 6.14. The van der Waals surface area contributed by atoms with Crippen LogP contribution < -0.4 is 4.74 Å². The molecule has 0 amide bonds. The van der Waals surface area contributed by atoms with E-state index in [1.54, 1.807) is 0 Å². The van der Waals surface area contributed by atoms with Crippen molar-refractivity contribution in [1.82, 2.24) is 9.55 Å². The molecule has 3 nitrogen and oxygen atoms in total. The maximum Gasteiger partial charge on any atom is 0.125 e. The number of nitrogens with zero attached hydrogens (tertiary/aromatic N) is 2. The molecule has 0 saturated carbocycles. The maximum atomic E-state index is 6.14. The van der Waals surface area contributed by atoms with Gasteiger partial charge < -0.3 is 9.30 Å². The summed E-state index contributed by atoms with van der Waals surface area (Å²) in [5.74, 6) is 3.09. The van der Waals surface area contributed by atoms with Crippen LogP contribution in [0.4, 0.5) is 0 Å². The van der Waals surface area contributed by atoms with Gasteiger partial charge in [0.15, 0.2) is 0 Å². The number of para-hydroxylation sites is 3. The van der Waals surface area contributed by atoms with Crippen molar-refractivity contribution in [2.24, 2.45) is 5.92 Å². The topological polar surface area (TPSA) is 27.1 Å². The predicted molar refractivity (Wildman–Crippen MR) is 143 cm³/mol. The van der Waals surface area contributed by atoms with Crippen LogP contribution in [0.3, 0.4) is 0 Å². The molecule has 0 radical (unpaired) electrons. The summed E-state index contributed by atoms with van der Waals surface area (Å²) in [6, 6.07) is 23.9. The Kier molecular flexibility index (Phi) is 7.72. The third-order valence-corrected chi connectivity index (χ3v) is 6.63. The van der Waals surface area contributed by atoms with Gasteiger partial charge in [0.1, 0.15) is 11.6 Å². The van der Waals surface area contributed by atoms with Crippen LogP contribution in [-0.2, 0) is 13.0 Å². The van der Waals surface area contributed by atoms with E-state index in [0.717, 1.165) is 49.5 Å². The molecule has 3 aromatic carbocycles. The predicted octanol–water partition coefficient (Wildman–Crippen LogP) is 7.86. The number of hydrogen-bond acceptors (Lipinski definition) is 2. The second-order valence-electron chi connectivity index (χ2n) is 9.95. The average molecular weight is 455 g/mol. The van der Waals surface area contributed by atoms with Crippen molar-refractivity contribution in [2.45, 2.75) is 66.3 Å². The molecule has 178 valence electrons. The van der Waals surface area contributed by atoms with Crippen LogP contribution in [0.1, 0.15) is 67.6 Å². The standard InChI is InChI=1S/C31H38N2O/c1-22(2)21-26-15-17-27(18-16-26)25(5)31-32-28-13-6-7-14-29(28)33(31)19-8-9-20-34-30-23(3)11-10-12-24(30)4/h6-7,10-18,22,25H,8-9,19-21H2,1-5H3. The summed E-state index contributed by atoms with van der Waals surface area (Å²) in [6.45, 7) is 12.7. The van der Waals surface area contributed by atoms with Crippen molar-refractivity contribution in [1.29, 1.82) is 0 Å². The van der Waals surface area contributed by atoms with Gasteiger partial charge in [0.25, 0.3) is 0 Å². The lowest BCUT2D eigenvalue weighted by Gasteiger charge is -2.16. The van der Waals surface area contributed by atoms with Gasteiger partial charge in [-0.1, -0.05) is 75.4 Å². The molecule has 0 fully saturated rings. The molecular weight excluding hydrogens is 416 g/mol. The van der Waals surface area contributed by atoms with Gasteiger partial charge in [-0.25, -0.2) is 4.98 Å². The van der Waals surface area contributed by atoms with Gasteiger partial charge in [0.2, 0.25) is 0 Å². The molecule has 1 unspecified atom stereocenters. The first kappa shape index (κ1) is 24.1. The molecule has 0 aliphatic heterocycles. The minimum atomic E-state index is 0.242. The number of benzene rings is 3. The SMILES string of the molecule is Cc1cccc(C)c1OCCCCn1c(C(C)c2ccc(CC(C)C)cc2)nc2ccccc21. The lowest BCUT2D eigenvalue weighted by Crippen LogP contribution is -2.10. The first-order valence-electron chi connectivity index (χ1n) is 12.7. The summed E-state index contributed by atoms with van der Waals surface area (Å²) in [5, 5.41) is 0. The summed E-state index contributed by atoms with van der Waals surface area (Å²) >= 11 is 0. The minimum Gasteiger partial charge on any atom is -0.493 e.